The monoisotopic (exact) mass is 259 g/mol. The summed E-state index contributed by atoms with van der Waals surface area (Å²) in [7, 11) is 0. The Bertz CT molecular complexity index is 771. The van der Waals surface area contributed by atoms with Gasteiger partial charge in [0, 0.05) is 17.8 Å². The highest BCUT2D eigenvalue weighted by molar-refractivity contribution is 5.96. The van der Waals surface area contributed by atoms with Crippen molar-refractivity contribution in [2.24, 2.45) is 0 Å². The van der Waals surface area contributed by atoms with Crippen LogP contribution in [-0.4, -0.2) is 4.98 Å². The van der Waals surface area contributed by atoms with E-state index in [1.54, 1.807) is 0 Å². The maximum absolute atomic E-state index is 4.20. The lowest BCUT2D eigenvalue weighted by atomic mass is 9.93. The van der Waals surface area contributed by atoms with Crippen LogP contribution in [0.25, 0.3) is 28.0 Å². The number of pyridine rings is 1. The average molecular weight is 259 g/mol. The third-order valence-electron chi connectivity index (χ3n) is 3.79. The van der Waals surface area contributed by atoms with Crippen LogP contribution in [0.15, 0.2) is 55.4 Å². The van der Waals surface area contributed by atoms with Gasteiger partial charge in [0.2, 0.25) is 0 Å². The zero-order chi connectivity index (χ0) is 14.1. The van der Waals surface area contributed by atoms with Gasteiger partial charge < -0.3 is 0 Å². The molecule has 1 aromatic heterocycles. The van der Waals surface area contributed by atoms with Gasteiger partial charge in [0.25, 0.3) is 0 Å². The molecule has 0 aliphatic rings. The third-order valence-corrected chi connectivity index (χ3v) is 3.79. The fourth-order valence-corrected chi connectivity index (χ4v) is 2.83. The number of aryl methyl sites for hydroxylation is 2. The summed E-state index contributed by atoms with van der Waals surface area (Å²) >= 11 is 0. The summed E-state index contributed by atoms with van der Waals surface area (Å²) in [6.45, 7) is 8.17. The average Bonchev–Trinajstić information content (AvgIpc) is 2.46. The predicted octanol–water partition coefficient (Wildman–Crippen LogP) is 5.16. The van der Waals surface area contributed by atoms with Crippen LogP contribution >= 0.6 is 0 Å². The summed E-state index contributed by atoms with van der Waals surface area (Å²) in [6, 6.07) is 12.9. The van der Waals surface area contributed by atoms with Crippen molar-refractivity contribution < 1.29 is 0 Å². The number of rotatable bonds is 2. The van der Waals surface area contributed by atoms with Gasteiger partial charge in [-0.05, 0) is 53.1 Å². The van der Waals surface area contributed by atoms with Crippen LogP contribution in [-0.2, 0) is 0 Å². The molecule has 0 spiro atoms. The first-order valence-electron chi connectivity index (χ1n) is 6.77. The third kappa shape index (κ3) is 2.01. The Hall–Kier alpha value is -2.41. The molecule has 0 bridgehead atoms. The normalized spacial score (nSPS) is 10.7. The van der Waals surface area contributed by atoms with Crippen LogP contribution in [0.2, 0.25) is 0 Å². The first-order valence-corrected chi connectivity index (χ1v) is 6.77. The molecule has 0 N–H and O–H groups in total. The van der Waals surface area contributed by atoms with Crippen LogP contribution < -0.4 is 0 Å². The lowest BCUT2D eigenvalue weighted by Crippen LogP contribution is -1.90. The molecule has 0 saturated heterocycles. The Balaban J connectivity index is 2.29. The summed E-state index contributed by atoms with van der Waals surface area (Å²) in [6.07, 6.45) is 5.70. The molecule has 2 aromatic carbocycles. The van der Waals surface area contributed by atoms with Crippen molar-refractivity contribution in [3.8, 4) is 11.1 Å². The second-order valence-electron chi connectivity index (χ2n) is 5.13. The van der Waals surface area contributed by atoms with E-state index in [0.717, 1.165) is 0 Å². The number of fused-ring (bicyclic) bond motifs is 1. The number of benzene rings is 2. The first-order chi connectivity index (χ1) is 9.70. The highest BCUT2D eigenvalue weighted by atomic mass is 14.6. The Morgan fingerprint density at radius 1 is 1.05 bits per heavy atom. The van der Waals surface area contributed by atoms with Crippen molar-refractivity contribution in [3.63, 3.8) is 0 Å². The fourth-order valence-electron chi connectivity index (χ4n) is 2.83. The molecular weight excluding hydrogens is 242 g/mol. The summed E-state index contributed by atoms with van der Waals surface area (Å²) < 4.78 is 0. The molecule has 1 heterocycles. The molecule has 20 heavy (non-hydrogen) atoms. The van der Waals surface area contributed by atoms with Crippen molar-refractivity contribution in [2.45, 2.75) is 13.8 Å². The Morgan fingerprint density at radius 3 is 2.50 bits per heavy atom. The molecule has 3 rings (SSSR count). The van der Waals surface area contributed by atoms with Gasteiger partial charge in [-0.3, -0.25) is 4.98 Å². The second-order valence-corrected chi connectivity index (χ2v) is 5.13. The van der Waals surface area contributed by atoms with Crippen LogP contribution in [0, 0.1) is 13.8 Å². The Labute approximate surface area is 119 Å². The number of hydrogen-bond donors (Lipinski definition) is 0. The molecule has 0 saturated carbocycles. The minimum atomic E-state index is 1.17. The maximum Gasteiger partial charge on any atom is 0.0346 e. The summed E-state index contributed by atoms with van der Waals surface area (Å²) in [5, 5.41) is 2.42. The molecule has 0 aliphatic carbocycles. The molecule has 0 unspecified atom stereocenters. The van der Waals surface area contributed by atoms with E-state index < -0.39 is 0 Å². The molecule has 98 valence electrons. The van der Waals surface area contributed by atoms with Gasteiger partial charge in [0.05, 0.1) is 0 Å². The number of aromatic nitrogens is 1. The molecule has 1 nitrogen and oxygen atoms in total. The molecule has 3 aromatic rings. The number of hydrogen-bond acceptors (Lipinski definition) is 1. The van der Waals surface area contributed by atoms with E-state index in [2.05, 4.69) is 61.8 Å². The Kier molecular flexibility index (Phi) is 3.11. The van der Waals surface area contributed by atoms with E-state index in [9.17, 15) is 0 Å². The highest BCUT2D eigenvalue weighted by Gasteiger charge is 2.07. The minimum Gasteiger partial charge on any atom is -0.264 e. The molecule has 0 aliphatic heterocycles. The van der Waals surface area contributed by atoms with E-state index >= 15 is 0 Å². The van der Waals surface area contributed by atoms with Gasteiger partial charge in [0.1, 0.15) is 0 Å². The van der Waals surface area contributed by atoms with Crippen LogP contribution in [0.5, 0.6) is 0 Å². The van der Waals surface area contributed by atoms with E-state index in [4.69, 9.17) is 0 Å². The predicted molar refractivity (Wildman–Crippen MR) is 86.7 cm³/mol. The largest absolute Gasteiger partial charge is 0.264 e. The van der Waals surface area contributed by atoms with E-state index in [1.807, 2.05) is 18.5 Å². The molecule has 0 atom stereocenters. The molecular formula is C19H17N. The second kappa shape index (κ2) is 4.93. The van der Waals surface area contributed by atoms with Crippen LogP contribution in [0.3, 0.4) is 0 Å². The quantitative estimate of drug-likeness (QED) is 0.619. The zero-order valence-corrected chi connectivity index (χ0v) is 11.9. The van der Waals surface area contributed by atoms with Gasteiger partial charge in [-0.15, -0.1) is 0 Å². The van der Waals surface area contributed by atoms with E-state index in [0.29, 0.717) is 0 Å². The standard InChI is InChI=1S/C19H17N/c1-4-17-13(2)10-16(11-14(17)3)18-7-5-6-15-12-20-9-8-19(15)18/h4-12H,1H2,2-3H3. The molecule has 0 radical (unpaired) electrons. The summed E-state index contributed by atoms with van der Waals surface area (Å²) in [5.74, 6) is 0. The van der Waals surface area contributed by atoms with Gasteiger partial charge in [0.15, 0.2) is 0 Å². The topological polar surface area (TPSA) is 12.9 Å². The van der Waals surface area contributed by atoms with Crippen molar-refractivity contribution in [1.82, 2.24) is 4.98 Å². The smallest absolute Gasteiger partial charge is 0.0346 e. The van der Waals surface area contributed by atoms with Crippen molar-refractivity contribution in [2.75, 3.05) is 0 Å². The SMILES string of the molecule is C=Cc1c(C)cc(-c2cccc3cnccc23)cc1C. The molecule has 1 heteroatoms. The first kappa shape index (κ1) is 12.6. The van der Waals surface area contributed by atoms with Gasteiger partial charge in [-0.1, -0.05) is 43.0 Å². The van der Waals surface area contributed by atoms with Crippen molar-refractivity contribution >= 4 is 16.8 Å². The van der Waals surface area contributed by atoms with Gasteiger partial charge in [-0.2, -0.15) is 0 Å². The van der Waals surface area contributed by atoms with Crippen LogP contribution in [0.1, 0.15) is 16.7 Å². The van der Waals surface area contributed by atoms with E-state index in [1.165, 1.54) is 38.6 Å². The summed E-state index contributed by atoms with van der Waals surface area (Å²) in [5.41, 5.74) is 6.27. The molecule has 0 amide bonds. The van der Waals surface area contributed by atoms with Crippen molar-refractivity contribution in [1.29, 1.82) is 0 Å². The minimum absolute atomic E-state index is 1.17. The van der Waals surface area contributed by atoms with Gasteiger partial charge in [-0.25, -0.2) is 0 Å². The molecule has 0 fully saturated rings. The van der Waals surface area contributed by atoms with Crippen molar-refractivity contribution in [3.05, 3.63) is 72.1 Å². The zero-order valence-electron chi connectivity index (χ0n) is 11.9. The lowest BCUT2D eigenvalue weighted by molar-refractivity contribution is 1.35. The Morgan fingerprint density at radius 2 is 1.80 bits per heavy atom. The van der Waals surface area contributed by atoms with E-state index in [-0.39, 0.29) is 0 Å². The van der Waals surface area contributed by atoms with Crippen LogP contribution in [0.4, 0.5) is 0 Å². The summed E-state index contributed by atoms with van der Waals surface area (Å²) in [4.78, 5) is 4.20. The highest BCUT2D eigenvalue weighted by Crippen LogP contribution is 2.31. The number of nitrogens with zero attached hydrogens (tertiary/aromatic N) is 1. The van der Waals surface area contributed by atoms with Gasteiger partial charge >= 0.3 is 0 Å². The fraction of sp³-hybridized carbons (Fsp3) is 0.105. The maximum atomic E-state index is 4.20. The lowest BCUT2D eigenvalue weighted by Gasteiger charge is -2.12.